The highest BCUT2D eigenvalue weighted by molar-refractivity contribution is 6.02. The molecule has 0 aliphatic carbocycles. The van der Waals surface area contributed by atoms with E-state index in [1.165, 1.54) is 6.08 Å². The highest BCUT2D eigenvalue weighted by Crippen LogP contribution is 2.28. The van der Waals surface area contributed by atoms with Crippen molar-refractivity contribution in [2.45, 2.75) is 13.0 Å². The van der Waals surface area contributed by atoms with Gasteiger partial charge in [-0.2, -0.15) is 0 Å². The molecule has 3 aromatic rings. The van der Waals surface area contributed by atoms with Crippen LogP contribution in [0.15, 0.2) is 48.5 Å². The summed E-state index contributed by atoms with van der Waals surface area (Å²) in [6.45, 7) is 2.09. The van der Waals surface area contributed by atoms with E-state index in [-0.39, 0.29) is 6.61 Å². The minimum atomic E-state index is -0.625. The van der Waals surface area contributed by atoms with Gasteiger partial charge >= 0.3 is 6.09 Å². The number of carbonyl (C=O) groups excluding carboxylic acids is 2. The monoisotopic (exact) mass is 362 g/mol. The molecule has 0 spiro atoms. The summed E-state index contributed by atoms with van der Waals surface area (Å²) in [7, 11) is 1.83. The lowest BCUT2D eigenvalue weighted by Gasteiger charge is -2.18. The topological polar surface area (TPSA) is 77.3 Å². The third-order valence-corrected chi connectivity index (χ3v) is 4.78. The summed E-state index contributed by atoms with van der Waals surface area (Å²) in [6.07, 6.45) is 2.46. The second kappa shape index (κ2) is 6.68. The zero-order valence-corrected chi connectivity index (χ0v) is 15.0. The number of imide groups is 1. The SMILES string of the molecule is Cc1c(/C=C/C(=O)N2C(=O)OCC2c2ccccc2)ccc2c1nnn2C. The fourth-order valence-electron chi connectivity index (χ4n) is 3.26. The number of aromatic nitrogens is 3. The summed E-state index contributed by atoms with van der Waals surface area (Å²) in [4.78, 5) is 25.9. The molecule has 7 heteroatoms. The average molecular weight is 362 g/mol. The number of carbonyl (C=O) groups is 2. The van der Waals surface area contributed by atoms with E-state index in [2.05, 4.69) is 10.3 Å². The molecule has 2 amide bonds. The van der Waals surface area contributed by atoms with Crippen molar-refractivity contribution in [3.63, 3.8) is 0 Å². The normalized spacial score (nSPS) is 17.0. The molecular formula is C20H18N4O3. The molecular weight excluding hydrogens is 344 g/mol. The van der Waals surface area contributed by atoms with Crippen molar-refractivity contribution in [1.82, 2.24) is 19.9 Å². The summed E-state index contributed by atoms with van der Waals surface area (Å²) in [5.74, 6) is -0.412. The van der Waals surface area contributed by atoms with Crippen molar-refractivity contribution in [2.75, 3.05) is 6.61 Å². The van der Waals surface area contributed by atoms with E-state index in [1.54, 1.807) is 10.8 Å². The number of aryl methyl sites for hydroxylation is 2. The first-order valence-electron chi connectivity index (χ1n) is 8.58. The van der Waals surface area contributed by atoms with Gasteiger partial charge in [0.25, 0.3) is 5.91 Å². The highest BCUT2D eigenvalue weighted by Gasteiger charge is 2.37. The van der Waals surface area contributed by atoms with Gasteiger partial charge in [-0.25, -0.2) is 14.4 Å². The molecule has 27 heavy (non-hydrogen) atoms. The summed E-state index contributed by atoms with van der Waals surface area (Å²) < 4.78 is 6.80. The van der Waals surface area contributed by atoms with E-state index in [0.29, 0.717) is 0 Å². The smallest absolute Gasteiger partial charge is 0.417 e. The predicted molar refractivity (Wildman–Crippen MR) is 99.7 cm³/mol. The Kier molecular flexibility index (Phi) is 4.19. The van der Waals surface area contributed by atoms with Crippen molar-refractivity contribution in [3.8, 4) is 0 Å². The fourth-order valence-corrected chi connectivity index (χ4v) is 3.26. The molecule has 136 valence electrons. The zero-order valence-electron chi connectivity index (χ0n) is 15.0. The Balaban J connectivity index is 1.61. The third-order valence-electron chi connectivity index (χ3n) is 4.78. The van der Waals surface area contributed by atoms with Gasteiger partial charge in [0.1, 0.15) is 18.2 Å². The fraction of sp³-hybridized carbons (Fsp3) is 0.200. The highest BCUT2D eigenvalue weighted by atomic mass is 16.6. The van der Waals surface area contributed by atoms with Crippen molar-refractivity contribution >= 4 is 29.1 Å². The van der Waals surface area contributed by atoms with Crippen LogP contribution in [0.25, 0.3) is 17.1 Å². The number of hydrogen-bond donors (Lipinski definition) is 0. The van der Waals surface area contributed by atoms with Gasteiger partial charge in [0.2, 0.25) is 0 Å². The van der Waals surface area contributed by atoms with Gasteiger partial charge in [-0.3, -0.25) is 4.79 Å². The summed E-state index contributed by atoms with van der Waals surface area (Å²) in [6, 6.07) is 12.8. The first kappa shape index (κ1) is 17.0. The van der Waals surface area contributed by atoms with Gasteiger partial charge in [-0.1, -0.05) is 41.6 Å². The maximum absolute atomic E-state index is 12.7. The molecule has 1 fully saturated rings. The summed E-state index contributed by atoms with van der Waals surface area (Å²) in [5, 5.41) is 8.17. The van der Waals surface area contributed by atoms with Gasteiger partial charge in [-0.15, -0.1) is 5.10 Å². The number of hydrogen-bond acceptors (Lipinski definition) is 5. The Morgan fingerprint density at radius 2 is 2.00 bits per heavy atom. The minimum absolute atomic E-state index is 0.160. The maximum Gasteiger partial charge on any atom is 0.417 e. The second-order valence-corrected chi connectivity index (χ2v) is 6.41. The Morgan fingerprint density at radius 1 is 1.22 bits per heavy atom. The number of nitrogens with zero attached hydrogens (tertiary/aromatic N) is 4. The molecule has 2 heterocycles. The van der Waals surface area contributed by atoms with E-state index >= 15 is 0 Å². The van der Waals surface area contributed by atoms with E-state index in [4.69, 9.17) is 4.74 Å². The third kappa shape index (κ3) is 2.97. The van der Waals surface area contributed by atoms with Crippen molar-refractivity contribution in [2.24, 2.45) is 7.05 Å². The van der Waals surface area contributed by atoms with Crippen LogP contribution in [0.1, 0.15) is 22.7 Å². The molecule has 0 saturated carbocycles. The lowest BCUT2D eigenvalue weighted by Crippen LogP contribution is -2.32. The van der Waals surface area contributed by atoms with E-state index < -0.39 is 18.0 Å². The Hall–Kier alpha value is -3.48. The molecule has 0 bridgehead atoms. The lowest BCUT2D eigenvalue weighted by molar-refractivity contribution is -0.124. The van der Waals surface area contributed by atoms with Crippen LogP contribution >= 0.6 is 0 Å². The zero-order chi connectivity index (χ0) is 19.0. The largest absolute Gasteiger partial charge is 0.446 e. The van der Waals surface area contributed by atoms with Crippen molar-refractivity contribution in [1.29, 1.82) is 0 Å². The Labute approximate surface area is 155 Å². The van der Waals surface area contributed by atoms with E-state index in [0.717, 1.165) is 32.6 Å². The van der Waals surface area contributed by atoms with Crippen LogP contribution < -0.4 is 0 Å². The molecule has 0 N–H and O–H groups in total. The molecule has 0 radical (unpaired) electrons. The molecule has 1 saturated heterocycles. The van der Waals surface area contributed by atoms with Gasteiger partial charge in [0.15, 0.2) is 0 Å². The molecule has 1 aliphatic heterocycles. The second-order valence-electron chi connectivity index (χ2n) is 6.41. The van der Waals surface area contributed by atoms with Crippen molar-refractivity contribution < 1.29 is 14.3 Å². The number of rotatable bonds is 3. The lowest BCUT2D eigenvalue weighted by atomic mass is 10.1. The molecule has 1 atom stereocenters. The number of benzene rings is 2. The molecule has 7 nitrogen and oxygen atoms in total. The number of ether oxygens (including phenoxy) is 1. The van der Waals surface area contributed by atoms with E-state index in [9.17, 15) is 9.59 Å². The van der Waals surface area contributed by atoms with Crippen LogP contribution in [0.5, 0.6) is 0 Å². The Bertz CT molecular complexity index is 1060. The van der Waals surface area contributed by atoms with Crippen LogP contribution in [0.4, 0.5) is 4.79 Å². The molecule has 1 aliphatic rings. The average Bonchev–Trinajstić information content (AvgIpc) is 3.25. The van der Waals surface area contributed by atoms with Gasteiger partial charge in [0, 0.05) is 13.1 Å². The number of cyclic esters (lactones) is 1. The number of amides is 2. The van der Waals surface area contributed by atoms with E-state index in [1.807, 2.05) is 56.4 Å². The van der Waals surface area contributed by atoms with Crippen LogP contribution in [0.3, 0.4) is 0 Å². The van der Waals surface area contributed by atoms with Gasteiger partial charge in [-0.05, 0) is 35.8 Å². The first-order valence-corrected chi connectivity index (χ1v) is 8.58. The quantitative estimate of drug-likeness (QED) is 0.670. The molecule has 1 unspecified atom stereocenters. The van der Waals surface area contributed by atoms with Crippen molar-refractivity contribution in [3.05, 3.63) is 65.2 Å². The standard InChI is InChI=1S/C20H18N4O3/c1-13-14(8-10-16-19(13)21-22-23(16)2)9-11-18(25)24-17(12-27-20(24)26)15-6-4-3-5-7-15/h3-11,17H,12H2,1-2H3/b11-9+. The Morgan fingerprint density at radius 3 is 2.78 bits per heavy atom. The maximum atomic E-state index is 12.7. The summed E-state index contributed by atoms with van der Waals surface area (Å²) in [5.41, 5.74) is 4.34. The molecule has 2 aromatic carbocycles. The molecule has 1 aromatic heterocycles. The van der Waals surface area contributed by atoms with Gasteiger partial charge in [0.05, 0.1) is 5.52 Å². The van der Waals surface area contributed by atoms with Crippen LogP contribution in [0.2, 0.25) is 0 Å². The van der Waals surface area contributed by atoms with Crippen LogP contribution in [0, 0.1) is 6.92 Å². The van der Waals surface area contributed by atoms with Crippen LogP contribution in [-0.2, 0) is 16.6 Å². The first-order chi connectivity index (χ1) is 13.1. The molecule has 4 rings (SSSR count). The summed E-state index contributed by atoms with van der Waals surface area (Å²) >= 11 is 0. The minimum Gasteiger partial charge on any atom is -0.446 e. The van der Waals surface area contributed by atoms with Crippen LogP contribution in [-0.4, -0.2) is 38.5 Å². The predicted octanol–water partition coefficient (Wildman–Crippen LogP) is 3.01. The number of fused-ring (bicyclic) bond motifs is 1. The van der Waals surface area contributed by atoms with Gasteiger partial charge < -0.3 is 4.74 Å².